The lowest BCUT2D eigenvalue weighted by atomic mass is 10.0. The zero-order valence-corrected chi connectivity index (χ0v) is 12.6. The largest absolute Gasteiger partial charge is 0.478 e. The molecule has 1 aromatic carbocycles. The first-order valence-corrected chi connectivity index (χ1v) is 7.12. The van der Waals surface area contributed by atoms with Crippen molar-refractivity contribution in [1.29, 1.82) is 5.26 Å². The first-order valence-electron chi connectivity index (χ1n) is 7.12. The van der Waals surface area contributed by atoms with Crippen LogP contribution in [0.4, 0.5) is 0 Å². The van der Waals surface area contributed by atoms with E-state index in [1.54, 1.807) is 12.1 Å². The molecule has 1 aromatic rings. The minimum absolute atomic E-state index is 0.143. The van der Waals surface area contributed by atoms with Crippen molar-refractivity contribution in [2.45, 2.75) is 11.9 Å². The van der Waals surface area contributed by atoms with Crippen molar-refractivity contribution in [3.05, 3.63) is 47.5 Å². The van der Waals surface area contributed by atoms with Crippen LogP contribution in [0.1, 0.15) is 11.1 Å². The number of fused-ring (bicyclic) bond motifs is 2. The summed E-state index contributed by atoms with van der Waals surface area (Å²) in [6.45, 7) is 2.14. The van der Waals surface area contributed by atoms with Crippen molar-refractivity contribution in [2.24, 2.45) is 0 Å². The van der Waals surface area contributed by atoms with Crippen molar-refractivity contribution in [2.75, 3.05) is 19.7 Å². The summed E-state index contributed by atoms with van der Waals surface area (Å²) in [7, 11) is 0. The van der Waals surface area contributed by atoms with E-state index in [2.05, 4.69) is 11.4 Å². The van der Waals surface area contributed by atoms with Crippen LogP contribution in [0.3, 0.4) is 0 Å². The number of hydrogen-bond acceptors (Lipinski definition) is 6. The molecule has 2 saturated heterocycles. The number of carboxylic acid groups (broad SMARTS) is 2. The maximum absolute atomic E-state index is 9.55. The number of morpholine rings is 1. The van der Waals surface area contributed by atoms with Crippen LogP contribution >= 0.6 is 0 Å². The Morgan fingerprint density at radius 2 is 1.88 bits per heavy atom. The second kappa shape index (κ2) is 7.70. The number of ether oxygens (including phenoxy) is 2. The Kier molecular flexibility index (Phi) is 5.65. The molecular formula is C16H16N2O6. The van der Waals surface area contributed by atoms with Gasteiger partial charge in [0.25, 0.3) is 0 Å². The van der Waals surface area contributed by atoms with Crippen LogP contribution in [-0.2, 0) is 24.8 Å². The van der Waals surface area contributed by atoms with E-state index in [9.17, 15) is 9.59 Å². The van der Waals surface area contributed by atoms with Gasteiger partial charge in [-0.25, -0.2) is 9.59 Å². The third-order valence-electron chi connectivity index (χ3n) is 3.41. The summed E-state index contributed by atoms with van der Waals surface area (Å²) in [5, 5.41) is 27.7. The second-order valence-corrected chi connectivity index (χ2v) is 5.13. The highest BCUT2D eigenvalue weighted by Crippen LogP contribution is 2.35. The lowest BCUT2D eigenvalue weighted by Gasteiger charge is -2.32. The quantitative estimate of drug-likeness (QED) is 0.680. The zero-order chi connectivity index (χ0) is 17.6. The van der Waals surface area contributed by atoms with Gasteiger partial charge in [0, 0.05) is 24.3 Å². The summed E-state index contributed by atoms with van der Waals surface area (Å²) in [5.41, 5.74) is 1.62. The molecule has 2 bridgehead atoms. The van der Waals surface area contributed by atoms with Crippen molar-refractivity contribution >= 4 is 11.9 Å². The predicted octanol–water partition coefficient (Wildman–Crippen LogP) is 0.441. The lowest BCUT2D eigenvalue weighted by Crippen LogP contribution is -2.46. The Labute approximate surface area is 137 Å². The van der Waals surface area contributed by atoms with E-state index >= 15 is 0 Å². The molecule has 2 unspecified atom stereocenters. The minimum Gasteiger partial charge on any atom is -0.478 e. The standard InChI is InChI=1S/C12H12N2O2.C4H4O4/c13-5-9-1-3-10(4-2-9)12-8-14-6-11(16-12)7-15-12;5-3(6)1-2-4(7)8/h1-4,11,14H,6-8H2;1-2H,(H,5,6)(H,7,8)/b;2-1-. The molecule has 8 nitrogen and oxygen atoms in total. The maximum Gasteiger partial charge on any atom is 0.328 e. The fourth-order valence-electron chi connectivity index (χ4n) is 2.35. The van der Waals surface area contributed by atoms with Gasteiger partial charge in [0.2, 0.25) is 5.79 Å². The molecule has 0 spiro atoms. The number of carbonyl (C=O) groups is 2. The van der Waals surface area contributed by atoms with E-state index in [0.29, 0.717) is 30.9 Å². The number of aliphatic carboxylic acids is 2. The van der Waals surface area contributed by atoms with Gasteiger partial charge < -0.3 is 25.0 Å². The van der Waals surface area contributed by atoms with Gasteiger partial charge in [-0.15, -0.1) is 0 Å². The Hall–Kier alpha value is -2.73. The Bertz CT molecular complexity index is 659. The van der Waals surface area contributed by atoms with Crippen LogP contribution in [0, 0.1) is 11.3 Å². The molecule has 0 amide bonds. The first-order chi connectivity index (χ1) is 11.4. The number of carboxylic acids is 2. The van der Waals surface area contributed by atoms with Crippen LogP contribution in [0.2, 0.25) is 0 Å². The maximum atomic E-state index is 9.55. The van der Waals surface area contributed by atoms with Gasteiger partial charge in [-0.1, -0.05) is 12.1 Å². The number of hydrogen-bond donors (Lipinski definition) is 3. The molecule has 0 aliphatic carbocycles. The number of nitriles is 1. The number of nitrogens with zero attached hydrogens (tertiary/aromatic N) is 1. The van der Waals surface area contributed by atoms with Gasteiger partial charge in [0.05, 0.1) is 30.9 Å². The molecule has 0 aromatic heterocycles. The molecule has 3 N–H and O–H groups in total. The zero-order valence-electron chi connectivity index (χ0n) is 12.6. The number of rotatable bonds is 3. The molecule has 2 atom stereocenters. The van der Waals surface area contributed by atoms with Gasteiger partial charge >= 0.3 is 11.9 Å². The second-order valence-electron chi connectivity index (χ2n) is 5.13. The van der Waals surface area contributed by atoms with Gasteiger partial charge in [0.15, 0.2) is 0 Å². The average Bonchev–Trinajstić information content (AvgIpc) is 2.89. The summed E-state index contributed by atoms with van der Waals surface area (Å²) >= 11 is 0. The Balaban J connectivity index is 0.000000224. The first kappa shape index (κ1) is 17.6. The van der Waals surface area contributed by atoms with E-state index in [-0.39, 0.29) is 6.10 Å². The van der Waals surface area contributed by atoms with Crippen molar-refractivity contribution in [3.63, 3.8) is 0 Å². The average molecular weight is 332 g/mol. The van der Waals surface area contributed by atoms with Crippen LogP contribution in [0.15, 0.2) is 36.4 Å². The molecule has 3 rings (SSSR count). The summed E-state index contributed by atoms with van der Waals surface area (Å²) in [4.78, 5) is 19.1. The van der Waals surface area contributed by atoms with E-state index < -0.39 is 17.7 Å². The SMILES string of the molecule is N#Cc1ccc(C23CNCC(CO2)O3)cc1.O=C(O)/C=C\C(=O)O. The molecule has 0 radical (unpaired) electrons. The van der Waals surface area contributed by atoms with E-state index in [4.69, 9.17) is 24.9 Å². The van der Waals surface area contributed by atoms with Crippen molar-refractivity contribution in [1.82, 2.24) is 5.32 Å². The molecule has 2 fully saturated rings. The van der Waals surface area contributed by atoms with Crippen molar-refractivity contribution in [3.8, 4) is 6.07 Å². The van der Waals surface area contributed by atoms with Gasteiger partial charge in [-0.3, -0.25) is 0 Å². The molecule has 8 heteroatoms. The summed E-state index contributed by atoms with van der Waals surface area (Å²) in [5.74, 6) is -3.16. The number of benzene rings is 1. The van der Waals surface area contributed by atoms with Crippen molar-refractivity contribution < 1.29 is 29.3 Å². The van der Waals surface area contributed by atoms with Gasteiger partial charge in [0.1, 0.15) is 0 Å². The van der Waals surface area contributed by atoms with E-state index in [1.807, 2.05) is 12.1 Å². The molecule has 126 valence electrons. The predicted molar refractivity (Wildman–Crippen MR) is 80.9 cm³/mol. The molecule has 2 aliphatic heterocycles. The van der Waals surface area contributed by atoms with Crippen LogP contribution in [0.25, 0.3) is 0 Å². The molecule has 0 saturated carbocycles. The van der Waals surface area contributed by atoms with Crippen LogP contribution < -0.4 is 5.32 Å². The molecular weight excluding hydrogens is 316 g/mol. The van der Waals surface area contributed by atoms with E-state index in [0.717, 1.165) is 12.1 Å². The normalized spacial score (nSPS) is 24.7. The molecule has 2 heterocycles. The highest BCUT2D eigenvalue weighted by Gasteiger charge is 2.45. The topological polar surface area (TPSA) is 129 Å². The van der Waals surface area contributed by atoms with E-state index in [1.165, 1.54) is 0 Å². The van der Waals surface area contributed by atoms with Crippen LogP contribution in [0.5, 0.6) is 0 Å². The Morgan fingerprint density at radius 1 is 1.25 bits per heavy atom. The third kappa shape index (κ3) is 4.39. The summed E-state index contributed by atoms with van der Waals surface area (Å²) in [6.07, 6.45) is 1.26. The highest BCUT2D eigenvalue weighted by atomic mass is 16.7. The smallest absolute Gasteiger partial charge is 0.328 e. The Morgan fingerprint density at radius 3 is 2.42 bits per heavy atom. The third-order valence-corrected chi connectivity index (χ3v) is 3.41. The highest BCUT2D eigenvalue weighted by molar-refractivity contribution is 5.89. The minimum atomic E-state index is -1.26. The van der Waals surface area contributed by atoms with Crippen LogP contribution in [-0.4, -0.2) is 48.0 Å². The summed E-state index contributed by atoms with van der Waals surface area (Å²) < 4.78 is 11.6. The fraction of sp³-hybridized carbons (Fsp3) is 0.312. The monoisotopic (exact) mass is 332 g/mol. The fourth-order valence-corrected chi connectivity index (χ4v) is 2.35. The van der Waals surface area contributed by atoms with Gasteiger partial charge in [-0.2, -0.15) is 5.26 Å². The lowest BCUT2D eigenvalue weighted by molar-refractivity contribution is -0.186. The number of nitrogens with one attached hydrogen (secondary N) is 1. The summed E-state index contributed by atoms with van der Waals surface area (Å²) in [6, 6.07) is 9.48. The molecule has 2 aliphatic rings. The van der Waals surface area contributed by atoms with Gasteiger partial charge in [-0.05, 0) is 12.1 Å². The molecule has 24 heavy (non-hydrogen) atoms.